The highest BCUT2D eigenvalue weighted by Gasteiger charge is 2.28. The Hall–Kier alpha value is -3.19. The van der Waals surface area contributed by atoms with Crippen molar-refractivity contribution in [1.82, 2.24) is 20.4 Å². The van der Waals surface area contributed by atoms with Crippen LogP contribution in [0.5, 0.6) is 0 Å². The molecule has 8 heteroatoms. The number of piperidine rings is 1. The Balaban J connectivity index is 1.19. The zero-order chi connectivity index (χ0) is 24.9. The Bertz CT molecular complexity index is 1270. The predicted octanol–water partition coefficient (Wildman–Crippen LogP) is 6.16. The fourth-order valence-corrected chi connectivity index (χ4v) is 5.05. The van der Waals surface area contributed by atoms with Crippen molar-refractivity contribution in [3.63, 3.8) is 0 Å². The summed E-state index contributed by atoms with van der Waals surface area (Å²) in [7, 11) is 0. The molecule has 1 fully saturated rings. The first-order chi connectivity index (χ1) is 17.6. The average molecular weight is 521 g/mol. The molecule has 1 aromatic heterocycles. The lowest BCUT2D eigenvalue weighted by atomic mass is 9.93. The van der Waals surface area contributed by atoms with Crippen molar-refractivity contribution < 1.29 is 9.32 Å². The van der Waals surface area contributed by atoms with Gasteiger partial charge in [0.05, 0.1) is 17.6 Å². The van der Waals surface area contributed by atoms with E-state index < -0.39 is 0 Å². The van der Waals surface area contributed by atoms with E-state index in [0.717, 1.165) is 37.1 Å². The first-order valence-corrected chi connectivity index (χ1v) is 12.7. The number of rotatable bonds is 7. The van der Waals surface area contributed by atoms with Crippen LogP contribution in [0.2, 0.25) is 10.0 Å². The van der Waals surface area contributed by atoms with Gasteiger partial charge in [-0.3, -0.25) is 9.69 Å². The topological polar surface area (TPSA) is 71.3 Å². The Kier molecular flexibility index (Phi) is 7.66. The highest BCUT2D eigenvalue weighted by atomic mass is 35.5. The van der Waals surface area contributed by atoms with Crippen molar-refractivity contribution in [2.24, 2.45) is 5.92 Å². The molecule has 0 saturated carbocycles. The van der Waals surface area contributed by atoms with Crippen molar-refractivity contribution in [2.45, 2.75) is 25.4 Å². The van der Waals surface area contributed by atoms with Crippen molar-refractivity contribution in [2.75, 3.05) is 13.1 Å². The average Bonchev–Trinajstić information content (AvgIpc) is 3.36. The zero-order valence-electron chi connectivity index (χ0n) is 19.6. The van der Waals surface area contributed by atoms with E-state index in [1.54, 1.807) is 18.2 Å². The quantitative estimate of drug-likeness (QED) is 0.315. The molecule has 36 heavy (non-hydrogen) atoms. The monoisotopic (exact) mass is 520 g/mol. The second kappa shape index (κ2) is 11.2. The molecule has 1 amide bonds. The van der Waals surface area contributed by atoms with Gasteiger partial charge in [-0.05, 0) is 55.3 Å². The van der Waals surface area contributed by atoms with Gasteiger partial charge >= 0.3 is 0 Å². The largest absolute Gasteiger partial charge is 0.345 e. The van der Waals surface area contributed by atoms with Gasteiger partial charge in [0.2, 0.25) is 17.6 Å². The molecule has 3 aromatic carbocycles. The summed E-state index contributed by atoms with van der Waals surface area (Å²) in [6.07, 6.45) is 1.54. The van der Waals surface area contributed by atoms with E-state index in [0.29, 0.717) is 33.9 Å². The van der Waals surface area contributed by atoms with Crippen molar-refractivity contribution in [1.29, 1.82) is 0 Å². The van der Waals surface area contributed by atoms with E-state index in [4.69, 9.17) is 27.7 Å². The molecule has 0 spiro atoms. The summed E-state index contributed by atoms with van der Waals surface area (Å²) in [6.45, 7) is 2.08. The molecule has 184 valence electrons. The predicted molar refractivity (Wildman–Crippen MR) is 141 cm³/mol. The Morgan fingerprint density at radius 1 is 0.972 bits per heavy atom. The summed E-state index contributed by atoms with van der Waals surface area (Å²) in [5.41, 5.74) is 2.82. The second-order valence-electron chi connectivity index (χ2n) is 8.95. The van der Waals surface area contributed by atoms with Crippen LogP contribution in [0.1, 0.15) is 35.9 Å². The van der Waals surface area contributed by atoms with E-state index in [2.05, 4.69) is 44.6 Å². The molecule has 0 bridgehead atoms. The molecule has 1 aliphatic rings. The molecule has 2 heterocycles. The van der Waals surface area contributed by atoms with Crippen LogP contribution in [0.25, 0.3) is 11.4 Å². The Morgan fingerprint density at radius 2 is 1.61 bits per heavy atom. The number of hydrogen-bond donors (Lipinski definition) is 1. The zero-order valence-corrected chi connectivity index (χ0v) is 21.1. The van der Waals surface area contributed by atoms with Crippen LogP contribution >= 0.6 is 23.2 Å². The molecular formula is C28H26Cl2N4O2. The van der Waals surface area contributed by atoms with Gasteiger partial charge in [-0.1, -0.05) is 89.0 Å². The Labute approximate surface area is 220 Å². The number of benzene rings is 3. The van der Waals surface area contributed by atoms with Gasteiger partial charge in [0.25, 0.3) is 0 Å². The standard InChI is InChI=1S/C28H26Cl2N4O2/c29-22-11-12-23(24(30)17-22)27-31-25(36-33-27)18-34-15-13-21(14-16-34)28(35)32-26(19-7-3-1-4-8-19)20-9-5-2-6-10-20/h1-12,17,21,26H,13-16,18H2,(H,32,35). The maximum Gasteiger partial charge on any atom is 0.241 e. The molecule has 0 unspecified atom stereocenters. The number of aromatic nitrogens is 2. The molecule has 0 atom stereocenters. The summed E-state index contributed by atoms with van der Waals surface area (Å²) in [6, 6.07) is 25.2. The normalized spacial score (nSPS) is 14.8. The maximum absolute atomic E-state index is 13.2. The third kappa shape index (κ3) is 5.78. The number of carbonyl (C=O) groups is 1. The van der Waals surface area contributed by atoms with Gasteiger partial charge in [-0.15, -0.1) is 0 Å². The van der Waals surface area contributed by atoms with Crippen LogP contribution in [0, 0.1) is 5.92 Å². The fourth-order valence-electron chi connectivity index (χ4n) is 4.55. The minimum Gasteiger partial charge on any atom is -0.345 e. The molecule has 0 aliphatic carbocycles. The molecule has 1 N–H and O–H groups in total. The number of nitrogens with zero attached hydrogens (tertiary/aromatic N) is 3. The minimum atomic E-state index is -0.172. The van der Waals surface area contributed by atoms with E-state index in [9.17, 15) is 4.79 Å². The summed E-state index contributed by atoms with van der Waals surface area (Å²) in [5, 5.41) is 8.40. The SMILES string of the molecule is O=C(NC(c1ccccc1)c1ccccc1)C1CCN(Cc2nc(-c3ccc(Cl)cc3Cl)no2)CC1. The summed E-state index contributed by atoms with van der Waals surface area (Å²) in [5.74, 6) is 1.01. The third-order valence-electron chi connectivity index (χ3n) is 6.51. The van der Waals surface area contributed by atoms with E-state index in [-0.39, 0.29) is 17.9 Å². The number of carbonyl (C=O) groups excluding carboxylic acids is 1. The molecule has 4 aromatic rings. The first-order valence-electron chi connectivity index (χ1n) is 12.0. The molecule has 1 saturated heterocycles. The lowest BCUT2D eigenvalue weighted by molar-refractivity contribution is -0.127. The highest BCUT2D eigenvalue weighted by Crippen LogP contribution is 2.29. The van der Waals surface area contributed by atoms with Crippen molar-refractivity contribution in [3.8, 4) is 11.4 Å². The van der Waals surface area contributed by atoms with Crippen LogP contribution in [-0.2, 0) is 11.3 Å². The minimum absolute atomic E-state index is 0.0395. The second-order valence-corrected chi connectivity index (χ2v) is 9.79. The number of likely N-dealkylation sites (tertiary alicyclic amines) is 1. The van der Waals surface area contributed by atoms with Gasteiger partial charge in [-0.2, -0.15) is 4.98 Å². The molecule has 1 aliphatic heterocycles. The molecular weight excluding hydrogens is 495 g/mol. The maximum atomic E-state index is 13.2. The van der Waals surface area contributed by atoms with Crippen LogP contribution in [0.3, 0.4) is 0 Å². The molecule has 0 radical (unpaired) electrons. The lowest BCUT2D eigenvalue weighted by Gasteiger charge is -2.31. The number of halogens is 2. The van der Waals surface area contributed by atoms with Gasteiger partial charge in [0.15, 0.2) is 0 Å². The van der Waals surface area contributed by atoms with Gasteiger partial charge in [-0.25, -0.2) is 0 Å². The fraction of sp³-hybridized carbons (Fsp3) is 0.250. The highest BCUT2D eigenvalue weighted by molar-refractivity contribution is 6.36. The smallest absolute Gasteiger partial charge is 0.241 e. The summed E-state index contributed by atoms with van der Waals surface area (Å²) >= 11 is 12.2. The number of amides is 1. The van der Waals surface area contributed by atoms with Crippen LogP contribution in [-0.4, -0.2) is 34.0 Å². The van der Waals surface area contributed by atoms with Gasteiger partial charge in [0, 0.05) is 16.5 Å². The Morgan fingerprint density at radius 3 is 2.22 bits per heavy atom. The van der Waals surface area contributed by atoms with Crippen LogP contribution in [0.4, 0.5) is 0 Å². The van der Waals surface area contributed by atoms with Crippen molar-refractivity contribution >= 4 is 29.1 Å². The summed E-state index contributed by atoms with van der Waals surface area (Å²) in [4.78, 5) is 20.0. The van der Waals surface area contributed by atoms with E-state index >= 15 is 0 Å². The van der Waals surface area contributed by atoms with Crippen molar-refractivity contribution in [3.05, 3.63) is 106 Å². The van der Waals surface area contributed by atoms with Crippen LogP contribution in [0.15, 0.2) is 83.4 Å². The third-order valence-corrected chi connectivity index (χ3v) is 7.06. The van der Waals surface area contributed by atoms with E-state index in [1.165, 1.54) is 0 Å². The number of hydrogen-bond acceptors (Lipinski definition) is 5. The van der Waals surface area contributed by atoms with Gasteiger partial charge < -0.3 is 9.84 Å². The summed E-state index contributed by atoms with van der Waals surface area (Å²) < 4.78 is 5.46. The molecule has 5 rings (SSSR count). The van der Waals surface area contributed by atoms with Crippen LogP contribution < -0.4 is 5.32 Å². The van der Waals surface area contributed by atoms with E-state index in [1.807, 2.05) is 36.4 Å². The number of nitrogens with one attached hydrogen (secondary N) is 1. The lowest BCUT2D eigenvalue weighted by Crippen LogP contribution is -2.41. The molecule has 6 nitrogen and oxygen atoms in total. The first kappa shape index (κ1) is 24.5. The van der Waals surface area contributed by atoms with Gasteiger partial charge in [0.1, 0.15) is 0 Å².